The minimum absolute atomic E-state index is 0.177. The molecule has 0 aromatic heterocycles. The number of ether oxygens (including phenoxy) is 2. The lowest BCUT2D eigenvalue weighted by atomic mass is 10.1. The Balaban J connectivity index is 1.71. The monoisotopic (exact) mass is 316 g/mol. The molecule has 0 saturated heterocycles. The summed E-state index contributed by atoms with van der Waals surface area (Å²) in [6, 6.07) is 10.6. The van der Waals surface area contributed by atoms with E-state index in [1.54, 1.807) is 24.3 Å². The molecule has 0 unspecified atom stereocenters. The molecule has 22 heavy (non-hydrogen) atoms. The van der Waals surface area contributed by atoms with E-state index in [-0.39, 0.29) is 12.7 Å². The predicted molar refractivity (Wildman–Crippen MR) is 83.8 cm³/mol. The molecule has 0 aliphatic carbocycles. The molecular weight excluding hydrogens is 304 g/mol. The first-order valence-corrected chi connectivity index (χ1v) is 7.00. The Bertz CT molecular complexity index is 759. The van der Waals surface area contributed by atoms with Gasteiger partial charge in [0.2, 0.25) is 6.79 Å². The summed E-state index contributed by atoms with van der Waals surface area (Å²) in [6.07, 6.45) is 1.47. The van der Waals surface area contributed by atoms with Gasteiger partial charge >= 0.3 is 0 Å². The van der Waals surface area contributed by atoms with E-state index < -0.39 is 0 Å². The third-order valence-corrected chi connectivity index (χ3v) is 3.47. The van der Waals surface area contributed by atoms with Gasteiger partial charge in [0.1, 0.15) is 0 Å². The fourth-order valence-corrected chi connectivity index (χ4v) is 2.25. The van der Waals surface area contributed by atoms with Gasteiger partial charge < -0.3 is 9.47 Å². The molecule has 2 aromatic rings. The summed E-state index contributed by atoms with van der Waals surface area (Å²) in [7, 11) is 0. The molecule has 0 bridgehead atoms. The lowest BCUT2D eigenvalue weighted by molar-refractivity contribution is 0.0955. The second-order valence-electron chi connectivity index (χ2n) is 4.80. The van der Waals surface area contributed by atoms with Gasteiger partial charge in [0, 0.05) is 17.2 Å². The first-order chi connectivity index (χ1) is 10.6. The molecule has 1 N–H and O–H groups in total. The van der Waals surface area contributed by atoms with Gasteiger partial charge in [-0.3, -0.25) is 4.79 Å². The Hall–Kier alpha value is -2.53. The zero-order valence-electron chi connectivity index (χ0n) is 11.8. The normalized spacial score (nSPS) is 12.6. The number of carbonyl (C=O) groups is 1. The van der Waals surface area contributed by atoms with Crippen LogP contribution in [0.4, 0.5) is 0 Å². The Morgan fingerprint density at radius 2 is 2.05 bits per heavy atom. The van der Waals surface area contributed by atoms with Crippen LogP contribution in [0, 0.1) is 6.92 Å². The third-order valence-electron chi connectivity index (χ3n) is 3.14. The van der Waals surface area contributed by atoms with Crippen molar-refractivity contribution in [2.24, 2.45) is 5.10 Å². The highest BCUT2D eigenvalue weighted by molar-refractivity contribution is 6.33. The summed E-state index contributed by atoms with van der Waals surface area (Å²) < 4.78 is 10.5. The van der Waals surface area contributed by atoms with Gasteiger partial charge in [-0.05, 0) is 25.1 Å². The minimum Gasteiger partial charge on any atom is -0.454 e. The second-order valence-corrected chi connectivity index (χ2v) is 5.20. The van der Waals surface area contributed by atoms with E-state index >= 15 is 0 Å². The van der Waals surface area contributed by atoms with Crippen LogP contribution >= 0.6 is 11.6 Å². The summed E-state index contributed by atoms with van der Waals surface area (Å²) in [5.74, 6) is 0.929. The number of fused-ring (bicyclic) bond motifs is 1. The van der Waals surface area contributed by atoms with Crippen molar-refractivity contribution >= 4 is 23.7 Å². The minimum atomic E-state index is -0.281. The van der Waals surface area contributed by atoms with E-state index in [9.17, 15) is 4.79 Å². The maximum atomic E-state index is 12.0. The van der Waals surface area contributed by atoms with Crippen LogP contribution in [-0.2, 0) is 0 Å². The van der Waals surface area contributed by atoms with Crippen LogP contribution in [0.25, 0.3) is 0 Å². The Kier molecular flexibility index (Phi) is 3.98. The van der Waals surface area contributed by atoms with Gasteiger partial charge in [-0.25, -0.2) is 5.43 Å². The molecule has 1 amide bonds. The van der Waals surface area contributed by atoms with Crippen molar-refractivity contribution in [2.45, 2.75) is 6.92 Å². The van der Waals surface area contributed by atoms with E-state index in [1.165, 1.54) is 6.21 Å². The highest BCUT2D eigenvalue weighted by Gasteiger charge is 2.15. The average molecular weight is 317 g/mol. The quantitative estimate of drug-likeness (QED) is 0.699. The van der Waals surface area contributed by atoms with Crippen molar-refractivity contribution < 1.29 is 14.3 Å². The summed E-state index contributed by atoms with van der Waals surface area (Å²) in [5.41, 5.74) is 4.66. The molecule has 2 aromatic carbocycles. The molecule has 0 fully saturated rings. The van der Waals surface area contributed by atoms with Gasteiger partial charge in [-0.15, -0.1) is 0 Å². The maximum absolute atomic E-state index is 12.0. The van der Waals surface area contributed by atoms with E-state index in [1.807, 2.05) is 19.1 Å². The molecule has 1 aliphatic rings. The fraction of sp³-hybridized carbons (Fsp3) is 0.125. The summed E-state index contributed by atoms with van der Waals surface area (Å²) in [4.78, 5) is 12.0. The number of hydrogen-bond acceptors (Lipinski definition) is 4. The van der Waals surface area contributed by atoms with Crippen LogP contribution < -0.4 is 14.9 Å². The highest BCUT2D eigenvalue weighted by Crippen LogP contribution is 2.36. The first kappa shape index (κ1) is 14.4. The van der Waals surface area contributed by atoms with Gasteiger partial charge in [-0.2, -0.15) is 5.10 Å². The van der Waals surface area contributed by atoms with Gasteiger partial charge in [-0.1, -0.05) is 29.3 Å². The Labute approximate surface area is 132 Å². The second kappa shape index (κ2) is 6.07. The van der Waals surface area contributed by atoms with E-state index in [0.29, 0.717) is 27.6 Å². The van der Waals surface area contributed by atoms with E-state index in [4.69, 9.17) is 21.1 Å². The zero-order chi connectivity index (χ0) is 15.5. The first-order valence-electron chi connectivity index (χ1n) is 6.63. The van der Waals surface area contributed by atoms with Crippen molar-refractivity contribution in [3.05, 3.63) is 58.1 Å². The van der Waals surface area contributed by atoms with Gasteiger partial charge in [0.05, 0.1) is 11.2 Å². The zero-order valence-corrected chi connectivity index (χ0v) is 12.6. The number of halogens is 1. The van der Waals surface area contributed by atoms with Crippen LogP contribution in [0.5, 0.6) is 11.5 Å². The molecular formula is C16H13ClN2O3. The lowest BCUT2D eigenvalue weighted by Crippen LogP contribution is -2.17. The van der Waals surface area contributed by atoms with Crippen LogP contribution in [0.15, 0.2) is 41.5 Å². The fourth-order valence-electron chi connectivity index (χ4n) is 2.04. The van der Waals surface area contributed by atoms with E-state index in [2.05, 4.69) is 10.5 Å². The van der Waals surface area contributed by atoms with Gasteiger partial charge in [0.15, 0.2) is 11.5 Å². The highest BCUT2D eigenvalue weighted by atomic mass is 35.5. The van der Waals surface area contributed by atoms with Crippen LogP contribution in [0.3, 0.4) is 0 Å². The molecule has 0 radical (unpaired) electrons. The predicted octanol–water partition coefficient (Wildman–Crippen LogP) is 3.14. The van der Waals surface area contributed by atoms with Crippen LogP contribution in [0.1, 0.15) is 21.5 Å². The molecule has 6 heteroatoms. The number of aryl methyl sites for hydroxylation is 1. The van der Waals surface area contributed by atoms with Crippen LogP contribution in [-0.4, -0.2) is 18.9 Å². The van der Waals surface area contributed by atoms with Crippen molar-refractivity contribution in [3.63, 3.8) is 0 Å². The number of rotatable bonds is 3. The summed E-state index contributed by atoms with van der Waals surface area (Å²) in [5, 5.41) is 4.40. The number of carbonyl (C=O) groups excluding carboxylic acids is 1. The topological polar surface area (TPSA) is 59.9 Å². The van der Waals surface area contributed by atoms with Gasteiger partial charge in [0.25, 0.3) is 5.91 Å². The van der Waals surface area contributed by atoms with Crippen molar-refractivity contribution in [3.8, 4) is 11.5 Å². The largest absolute Gasteiger partial charge is 0.454 e. The number of nitrogens with zero attached hydrogens (tertiary/aromatic N) is 1. The van der Waals surface area contributed by atoms with Crippen molar-refractivity contribution in [2.75, 3.05) is 6.79 Å². The molecule has 1 heterocycles. The molecule has 5 nitrogen and oxygen atoms in total. The SMILES string of the molecule is Cc1cccc(C(=O)N/N=C\c2cc3c(cc2Cl)OCO3)c1. The number of hydrazone groups is 1. The average Bonchev–Trinajstić information content (AvgIpc) is 2.94. The number of nitrogens with one attached hydrogen (secondary N) is 1. The molecule has 0 saturated carbocycles. The summed E-state index contributed by atoms with van der Waals surface area (Å²) in [6.45, 7) is 2.10. The van der Waals surface area contributed by atoms with E-state index in [0.717, 1.165) is 5.56 Å². The van der Waals surface area contributed by atoms with Crippen LogP contribution in [0.2, 0.25) is 5.02 Å². The van der Waals surface area contributed by atoms with Crippen molar-refractivity contribution in [1.29, 1.82) is 0 Å². The summed E-state index contributed by atoms with van der Waals surface area (Å²) >= 11 is 6.12. The maximum Gasteiger partial charge on any atom is 0.271 e. The molecule has 112 valence electrons. The Morgan fingerprint density at radius 3 is 2.82 bits per heavy atom. The number of hydrogen-bond donors (Lipinski definition) is 1. The molecule has 0 spiro atoms. The molecule has 3 rings (SSSR count). The number of amides is 1. The third kappa shape index (κ3) is 3.04. The molecule has 1 aliphatic heterocycles. The standard InChI is InChI=1S/C16H13ClN2O3/c1-10-3-2-4-11(5-10)16(20)19-18-8-12-6-14-15(7-13(12)17)22-9-21-14/h2-8H,9H2,1H3,(H,19,20)/b18-8-. The van der Waals surface area contributed by atoms with Crippen molar-refractivity contribution in [1.82, 2.24) is 5.43 Å². The molecule has 0 atom stereocenters. The smallest absolute Gasteiger partial charge is 0.271 e. The number of benzene rings is 2. The Morgan fingerprint density at radius 1 is 1.27 bits per heavy atom. The lowest BCUT2D eigenvalue weighted by Gasteiger charge is -2.02.